The molecule has 1 aliphatic heterocycles. The number of ether oxygens (including phenoxy) is 1. The van der Waals surface area contributed by atoms with E-state index in [-0.39, 0.29) is 29.9 Å². The monoisotopic (exact) mass is 597 g/mol. The highest BCUT2D eigenvalue weighted by molar-refractivity contribution is 5.77. The van der Waals surface area contributed by atoms with E-state index in [2.05, 4.69) is 26.8 Å². The summed E-state index contributed by atoms with van der Waals surface area (Å²) in [6.45, 7) is 7.30. The molecule has 0 saturated carbocycles. The Bertz CT molecular complexity index is 1690. The average molecular weight is 598 g/mol. The molecular formula is C33H39N7O4. The summed E-state index contributed by atoms with van der Waals surface area (Å²) < 4.78 is 8.59. The second-order valence-corrected chi connectivity index (χ2v) is 12.0. The van der Waals surface area contributed by atoms with Crippen molar-refractivity contribution in [2.45, 2.75) is 58.8 Å². The Morgan fingerprint density at radius 1 is 1.02 bits per heavy atom. The molecule has 3 heterocycles. The number of fused-ring (bicyclic) bond motifs is 1. The maximum atomic E-state index is 13.5. The fourth-order valence-corrected chi connectivity index (χ4v) is 5.12. The van der Waals surface area contributed by atoms with Gasteiger partial charge in [-0.2, -0.15) is 5.10 Å². The van der Waals surface area contributed by atoms with Gasteiger partial charge in [0.05, 0.1) is 18.1 Å². The second-order valence-electron chi connectivity index (χ2n) is 12.0. The lowest BCUT2D eigenvalue weighted by atomic mass is 9.97. The van der Waals surface area contributed by atoms with Crippen molar-refractivity contribution < 1.29 is 14.3 Å². The van der Waals surface area contributed by atoms with Gasteiger partial charge < -0.3 is 20.3 Å². The number of anilines is 1. The van der Waals surface area contributed by atoms with Gasteiger partial charge in [-0.15, -0.1) is 0 Å². The molecule has 0 unspecified atom stereocenters. The predicted molar refractivity (Wildman–Crippen MR) is 168 cm³/mol. The fourth-order valence-electron chi connectivity index (χ4n) is 5.12. The number of carbonyl (C=O) groups excluding carboxylic acids is 2. The van der Waals surface area contributed by atoms with Crippen LogP contribution in [0.15, 0.2) is 71.9 Å². The SMILES string of the molecule is Cn1cc(-c2cnc(NCCc3ccccc3)c(=O)n2CC(=O)NCc2ccc3c(c2)CCN(C(=O)OC(C)(C)C)C3)cn1. The average Bonchev–Trinajstić information content (AvgIpc) is 3.43. The van der Waals surface area contributed by atoms with Gasteiger partial charge in [0, 0.05) is 45.0 Å². The zero-order valence-electron chi connectivity index (χ0n) is 25.7. The van der Waals surface area contributed by atoms with Crippen LogP contribution in [-0.4, -0.2) is 54.9 Å². The molecule has 0 radical (unpaired) electrons. The summed E-state index contributed by atoms with van der Waals surface area (Å²) in [6, 6.07) is 16.0. The second kappa shape index (κ2) is 13.2. The van der Waals surface area contributed by atoms with Crippen molar-refractivity contribution in [1.82, 2.24) is 29.5 Å². The summed E-state index contributed by atoms with van der Waals surface area (Å²) in [5.74, 6) is -0.107. The number of amides is 2. The van der Waals surface area contributed by atoms with Crippen LogP contribution in [0.1, 0.15) is 43.0 Å². The first-order valence-corrected chi connectivity index (χ1v) is 14.8. The van der Waals surface area contributed by atoms with Crippen LogP contribution in [0.25, 0.3) is 11.3 Å². The number of benzene rings is 2. The predicted octanol–water partition coefficient (Wildman–Crippen LogP) is 3.91. The Morgan fingerprint density at radius 2 is 1.82 bits per heavy atom. The molecule has 11 nitrogen and oxygen atoms in total. The molecule has 2 N–H and O–H groups in total. The molecule has 11 heteroatoms. The van der Waals surface area contributed by atoms with E-state index in [4.69, 9.17) is 4.74 Å². The van der Waals surface area contributed by atoms with Crippen LogP contribution in [0.2, 0.25) is 0 Å². The fraction of sp³-hybridized carbons (Fsp3) is 0.364. The third-order valence-corrected chi connectivity index (χ3v) is 7.33. The van der Waals surface area contributed by atoms with Gasteiger partial charge >= 0.3 is 6.09 Å². The van der Waals surface area contributed by atoms with E-state index in [1.165, 1.54) is 4.57 Å². The Morgan fingerprint density at radius 3 is 2.55 bits per heavy atom. The number of nitrogens with zero attached hydrogens (tertiary/aromatic N) is 5. The molecule has 4 aromatic rings. The van der Waals surface area contributed by atoms with Gasteiger partial charge in [-0.25, -0.2) is 9.78 Å². The standard InChI is InChI=1S/C33H39N7O4/c1-33(2,3)44-32(43)39-15-13-25-16-24(10-11-26(25)21-39)17-35-29(41)22-40-28(27-18-37-38(4)20-27)19-36-30(31(40)42)34-14-12-23-8-6-5-7-9-23/h5-11,16,18-20H,12-15,17,21-22H2,1-4H3,(H,34,36)(H,35,41). The summed E-state index contributed by atoms with van der Waals surface area (Å²) in [5, 5.41) is 10.3. The summed E-state index contributed by atoms with van der Waals surface area (Å²) in [5.41, 5.74) is 4.58. The van der Waals surface area contributed by atoms with E-state index >= 15 is 0 Å². The third-order valence-electron chi connectivity index (χ3n) is 7.33. The van der Waals surface area contributed by atoms with E-state index in [1.54, 1.807) is 35.2 Å². The van der Waals surface area contributed by atoms with Crippen molar-refractivity contribution in [2.24, 2.45) is 7.05 Å². The first-order valence-electron chi connectivity index (χ1n) is 14.8. The highest BCUT2D eigenvalue weighted by Crippen LogP contribution is 2.23. The first-order chi connectivity index (χ1) is 21.1. The van der Waals surface area contributed by atoms with Crippen LogP contribution >= 0.6 is 0 Å². The van der Waals surface area contributed by atoms with Crippen molar-refractivity contribution in [1.29, 1.82) is 0 Å². The molecule has 2 aromatic heterocycles. The first kappa shape index (κ1) is 30.5. The van der Waals surface area contributed by atoms with Gasteiger partial charge in [0.15, 0.2) is 5.82 Å². The number of rotatable bonds is 9. The molecule has 2 aromatic carbocycles. The summed E-state index contributed by atoms with van der Waals surface area (Å²) in [4.78, 5) is 45.3. The zero-order valence-corrected chi connectivity index (χ0v) is 25.7. The van der Waals surface area contributed by atoms with Crippen LogP contribution in [0.3, 0.4) is 0 Å². The quantitative estimate of drug-likeness (QED) is 0.300. The lowest BCUT2D eigenvalue weighted by Crippen LogP contribution is -2.40. The van der Waals surface area contributed by atoms with Crippen LogP contribution in [-0.2, 0) is 49.1 Å². The van der Waals surface area contributed by atoms with Gasteiger partial charge in [0.25, 0.3) is 5.56 Å². The minimum absolute atomic E-state index is 0.172. The molecule has 0 saturated heterocycles. The molecule has 5 rings (SSSR count). The highest BCUT2D eigenvalue weighted by Gasteiger charge is 2.26. The lowest BCUT2D eigenvalue weighted by molar-refractivity contribution is -0.121. The smallest absolute Gasteiger partial charge is 0.410 e. The van der Waals surface area contributed by atoms with Gasteiger partial charge in [0.2, 0.25) is 5.91 Å². The van der Waals surface area contributed by atoms with Crippen molar-refractivity contribution in [2.75, 3.05) is 18.4 Å². The Labute approximate surface area is 256 Å². The van der Waals surface area contributed by atoms with Crippen molar-refractivity contribution in [3.63, 3.8) is 0 Å². The molecule has 1 aliphatic rings. The van der Waals surface area contributed by atoms with Gasteiger partial charge in [0.1, 0.15) is 12.1 Å². The number of aryl methyl sites for hydroxylation is 1. The molecule has 0 atom stereocenters. The van der Waals surface area contributed by atoms with Crippen molar-refractivity contribution in [3.8, 4) is 11.3 Å². The van der Waals surface area contributed by atoms with Crippen LogP contribution in [0.4, 0.5) is 10.6 Å². The Hall–Kier alpha value is -4.93. The minimum Gasteiger partial charge on any atom is -0.444 e. The number of hydrogen-bond acceptors (Lipinski definition) is 7. The van der Waals surface area contributed by atoms with Crippen molar-refractivity contribution in [3.05, 3.63) is 99.7 Å². The number of hydrogen-bond donors (Lipinski definition) is 2. The Kier molecular flexibility index (Phi) is 9.12. The maximum Gasteiger partial charge on any atom is 0.410 e. The van der Waals surface area contributed by atoms with E-state index in [0.29, 0.717) is 43.9 Å². The van der Waals surface area contributed by atoms with Gasteiger partial charge in [-0.3, -0.25) is 18.8 Å². The lowest BCUT2D eigenvalue weighted by Gasteiger charge is -2.31. The van der Waals surface area contributed by atoms with Crippen LogP contribution in [0, 0.1) is 0 Å². The van der Waals surface area contributed by atoms with E-state index in [0.717, 1.165) is 28.7 Å². The molecule has 2 amide bonds. The van der Waals surface area contributed by atoms with Crippen LogP contribution in [0.5, 0.6) is 0 Å². The van der Waals surface area contributed by atoms with E-state index in [9.17, 15) is 14.4 Å². The van der Waals surface area contributed by atoms with E-state index < -0.39 is 5.60 Å². The largest absolute Gasteiger partial charge is 0.444 e. The molecule has 44 heavy (non-hydrogen) atoms. The van der Waals surface area contributed by atoms with Gasteiger partial charge in [-0.1, -0.05) is 48.5 Å². The number of aromatic nitrogens is 4. The number of nitrogens with one attached hydrogen (secondary N) is 2. The molecule has 0 bridgehead atoms. The normalized spacial score (nSPS) is 12.9. The van der Waals surface area contributed by atoms with Gasteiger partial charge in [-0.05, 0) is 55.9 Å². The Balaban J connectivity index is 1.25. The summed E-state index contributed by atoms with van der Waals surface area (Å²) >= 11 is 0. The molecule has 230 valence electrons. The van der Waals surface area contributed by atoms with Crippen LogP contribution < -0.4 is 16.2 Å². The van der Waals surface area contributed by atoms with Crippen molar-refractivity contribution >= 4 is 17.8 Å². The number of carbonyl (C=O) groups is 2. The molecule has 0 spiro atoms. The molecular weight excluding hydrogens is 558 g/mol. The molecule has 0 fully saturated rings. The maximum absolute atomic E-state index is 13.5. The summed E-state index contributed by atoms with van der Waals surface area (Å²) in [7, 11) is 1.79. The van der Waals surface area contributed by atoms with E-state index in [1.807, 2.05) is 63.2 Å². The molecule has 0 aliphatic carbocycles. The highest BCUT2D eigenvalue weighted by atomic mass is 16.6. The zero-order chi connectivity index (χ0) is 31.3. The minimum atomic E-state index is -0.542. The third kappa shape index (κ3) is 7.71. The topological polar surface area (TPSA) is 123 Å². The summed E-state index contributed by atoms with van der Waals surface area (Å²) in [6.07, 6.45) is 6.14.